The van der Waals surface area contributed by atoms with Crippen LogP contribution in [0.4, 0.5) is 10.5 Å². The maximum Gasteiger partial charge on any atom is 0.415 e. The zero-order valence-corrected chi connectivity index (χ0v) is 18.1. The van der Waals surface area contributed by atoms with Gasteiger partial charge in [-0.2, -0.15) is 0 Å². The molecule has 2 aromatic carbocycles. The van der Waals surface area contributed by atoms with Gasteiger partial charge in [-0.25, -0.2) is 4.79 Å². The molecule has 3 rings (SSSR count). The summed E-state index contributed by atoms with van der Waals surface area (Å²) in [6, 6.07) is 12.0. The summed E-state index contributed by atoms with van der Waals surface area (Å²) in [5, 5.41) is 0. The van der Waals surface area contributed by atoms with Gasteiger partial charge in [-0.05, 0) is 91.4 Å². The predicted octanol–water partition coefficient (Wildman–Crippen LogP) is 6.20. The fourth-order valence-corrected chi connectivity index (χ4v) is 4.32. The fourth-order valence-electron chi connectivity index (χ4n) is 3.52. The molecule has 0 aliphatic carbocycles. The van der Waals surface area contributed by atoms with Crippen molar-refractivity contribution in [3.63, 3.8) is 0 Å². The van der Waals surface area contributed by atoms with Gasteiger partial charge >= 0.3 is 6.09 Å². The Kier molecular flexibility index (Phi) is 5.52. The molecule has 5 heteroatoms. The van der Waals surface area contributed by atoms with Gasteiger partial charge in [0.15, 0.2) is 0 Å². The molecular weight excluding hydrogens is 406 g/mol. The van der Waals surface area contributed by atoms with Crippen LogP contribution in [0.5, 0.6) is 5.75 Å². The molecule has 0 saturated carbocycles. The molecule has 27 heavy (non-hydrogen) atoms. The second kappa shape index (κ2) is 7.55. The Labute approximate surface area is 169 Å². The Bertz CT molecular complexity index is 840. The summed E-state index contributed by atoms with van der Waals surface area (Å²) in [5.41, 5.74) is 3.75. The Morgan fingerprint density at radius 2 is 1.85 bits per heavy atom. The maximum atomic E-state index is 13.2. The first-order chi connectivity index (χ1) is 12.7. The third-order valence-electron chi connectivity index (χ3n) is 4.62. The van der Waals surface area contributed by atoms with Crippen molar-refractivity contribution in [3.05, 3.63) is 57.6 Å². The number of nitrogens with zero attached hydrogens (tertiary/aromatic N) is 1. The van der Waals surface area contributed by atoms with E-state index in [1.807, 2.05) is 51.1 Å². The van der Waals surface area contributed by atoms with E-state index in [4.69, 9.17) is 9.47 Å². The lowest BCUT2D eigenvalue weighted by Gasteiger charge is -2.39. The molecule has 1 aliphatic rings. The van der Waals surface area contributed by atoms with Crippen LogP contribution in [-0.2, 0) is 11.2 Å². The zero-order chi connectivity index (χ0) is 19.8. The lowest BCUT2D eigenvalue weighted by Crippen LogP contribution is -2.42. The molecule has 4 nitrogen and oxygen atoms in total. The van der Waals surface area contributed by atoms with E-state index in [0.717, 1.165) is 39.9 Å². The largest absolute Gasteiger partial charge is 0.497 e. The Balaban J connectivity index is 2.07. The van der Waals surface area contributed by atoms with E-state index >= 15 is 0 Å². The number of hydrogen-bond donors (Lipinski definition) is 0. The van der Waals surface area contributed by atoms with Crippen LogP contribution in [0.1, 0.15) is 49.9 Å². The number of anilines is 1. The lowest BCUT2D eigenvalue weighted by atomic mass is 9.90. The van der Waals surface area contributed by atoms with Crippen molar-refractivity contribution >= 4 is 27.7 Å². The van der Waals surface area contributed by atoms with Crippen molar-refractivity contribution in [2.45, 2.75) is 52.2 Å². The fraction of sp³-hybridized carbons (Fsp3) is 0.409. The SMILES string of the molecule is COc1ccc(C2CCc3cc(C)cc(Br)c3N2C(=O)OC(C)(C)C)cc1. The number of aryl methyl sites for hydroxylation is 2. The molecule has 0 fully saturated rings. The second-order valence-electron chi connectivity index (χ2n) is 7.93. The summed E-state index contributed by atoms with van der Waals surface area (Å²) in [6.45, 7) is 7.74. The highest BCUT2D eigenvalue weighted by Gasteiger charge is 2.36. The summed E-state index contributed by atoms with van der Waals surface area (Å²) in [5.74, 6) is 0.801. The Morgan fingerprint density at radius 3 is 2.44 bits per heavy atom. The predicted molar refractivity (Wildman–Crippen MR) is 112 cm³/mol. The molecule has 0 radical (unpaired) electrons. The highest BCUT2D eigenvalue weighted by Crippen LogP contribution is 2.44. The van der Waals surface area contributed by atoms with Crippen LogP contribution in [0.2, 0.25) is 0 Å². The molecule has 0 spiro atoms. The van der Waals surface area contributed by atoms with E-state index in [2.05, 4.69) is 28.9 Å². The minimum atomic E-state index is -0.559. The molecular formula is C22H26BrNO3. The van der Waals surface area contributed by atoms with Crippen LogP contribution in [0.3, 0.4) is 0 Å². The van der Waals surface area contributed by atoms with Gasteiger partial charge in [0.1, 0.15) is 11.4 Å². The minimum Gasteiger partial charge on any atom is -0.497 e. The third-order valence-corrected chi connectivity index (χ3v) is 5.22. The maximum absolute atomic E-state index is 13.2. The second-order valence-corrected chi connectivity index (χ2v) is 8.79. The average Bonchev–Trinajstić information content (AvgIpc) is 2.59. The van der Waals surface area contributed by atoms with E-state index in [1.165, 1.54) is 5.56 Å². The summed E-state index contributed by atoms with van der Waals surface area (Å²) >= 11 is 3.67. The normalized spacial score (nSPS) is 16.7. The quantitative estimate of drug-likeness (QED) is 0.568. The van der Waals surface area contributed by atoms with Crippen LogP contribution < -0.4 is 9.64 Å². The molecule has 0 aromatic heterocycles. The van der Waals surface area contributed by atoms with E-state index in [-0.39, 0.29) is 12.1 Å². The molecule has 0 bridgehead atoms. The number of halogens is 1. The standard InChI is InChI=1S/C22H26BrNO3/c1-14-12-16-8-11-19(15-6-9-17(26-5)10-7-15)24(20(16)18(23)13-14)21(25)27-22(2,3)4/h6-7,9-10,12-13,19H,8,11H2,1-5H3. The minimum absolute atomic E-state index is 0.0859. The number of fused-ring (bicyclic) bond motifs is 1. The van der Waals surface area contributed by atoms with Gasteiger partial charge in [-0.15, -0.1) is 0 Å². The van der Waals surface area contributed by atoms with Crippen molar-refractivity contribution in [1.82, 2.24) is 0 Å². The third kappa shape index (κ3) is 4.29. The first-order valence-electron chi connectivity index (χ1n) is 9.15. The van der Waals surface area contributed by atoms with Crippen molar-refractivity contribution in [1.29, 1.82) is 0 Å². The highest BCUT2D eigenvalue weighted by molar-refractivity contribution is 9.10. The van der Waals surface area contributed by atoms with Crippen molar-refractivity contribution in [3.8, 4) is 5.75 Å². The monoisotopic (exact) mass is 431 g/mol. The summed E-state index contributed by atoms with van der Waals surface area (Å²) in [4.78, 5) is 15.0. The smallest absolute Gasteiger partial charge is 0.415 e. The van der Waals surface area contributed by atoms with Gasteiger partial charge in [0.25, 0.3) is 0 Å². The van der Waals surface area contributed by atoms with Gasteiger partial charge in [0.05, 0.1) is 18.8 Å². The van der Waals surface area contributed by atoms with E-state index in [1.54, 1.807) is 12.0 Å². The van der Waals surface area contributed by atoms with Crippen LogP contribution in [0.25, 0.3) is 0 Å². The summed E-state index contributed by atoms with van der Waals surface area (Å²) < 4.78 is 11.9. The molecule has 1 atom stereocenters. The molecule has 2 aromatic rings. The number of benzene rings is 2. The number of ether oxygens (including phenoxy) is 2. The molecule has 1 heterocycles. The lowest BCUT2D eigenvalue weighted by molar-refractivity contribution is 0.0559. The van der Waals surface area contributed by atoms with Crippen molar-refractivity contribution in [2.75, 3.05) is 12.0 Å². The molecule has 0 N–H and O–H groups in total. The first kappa shape index (κ1) is 19.7. The Morgan fingerprint density at radius 1 is 1.19 bits per heavy atom. The van der Waals surface area contributed by atoms with E-state index in [0.29, 0.717) is 0 Å². The van der Waals surface area contributed by atoms with Crippen molar-refractivity contribution in [2.24, 2.45) is 0 Å². The number of carbonyl (C=O) groups is 1. The van der Waals surface area contributed by atoms with Gasteiger partial charge in [-0.3, -0.25) is 4.90 Å². The molecule has 0 saturated heterocycles. The topological polar surface area (TPSA) is 38.8 Å². The first-order valence-corrected chi connectivity index (χ1v) is 9.94. The van der Waals surface area contributed by atoms with E-state index in [9.17, 15) is 4.79 Å². The van der Waals surface area contributed by atoms with Crippen molar-refractivity contribution < 1.29 is 14.3 Å². The number of carbonyl (C=O) groups excluding carboxylic acids is 1. The summed E-state index contributed by atoms with van der Waals surface area (Å²) in [7, 11) is 1.65. The van der Waals surface area contributed by atoms with Crippen LogP contribution in [0, 0.1) is 6.92 Å². The zero-order valence-electron chi connectivity index (χ0n) is 16.5. The van der Waals surface area contributed by atoms with E-state index < -0.39 is 5.60 Å². The number of hydrogen-bond acceptors (Lipinski definition) is 3. The molecule has 1 unspecified atom stereocenters. The van der Waals surface area contributed by atoms with Crippen LogP contribution in [-0.4, -0.2) is 18.8 Å². The van der Waals surface area contributed by atoms with Crippen LogP contribution >= 0.6 is 15.9 Å². The Hall–Kier alpha value is -2.01. The van der Waals surface area contributed by atoms with Gasteiger partial charge in [0.2, 0.25) is 0 Å². The number of amides is 1. The molecule has 1 amide bonds. The average molecular weight is 432 g/mol. The van der Waals surface area contributed by atoms with Gasteiger partial charge in [0, 0.05) is 4.47 Å². The molecule has 144 valence electrons. The number of methoxy groups -OCH3 is 1. The number of rotatable bonds is 2. The highest BCUT2D eigenvalue weighted by atomic mass is 79.9. The van der Waals surface area contributed by atoms with Gasteiger partial charge < -0.3 is 9.47 Å². The van der Waals surface area contributed by atoms with Gasteiger partial charge in [-0.1, -0.05) is 18.2 Å². The summed E-state index contributed by atoms with van der Waals surface area (Å²) in [6.07, 6.45) is 1.42. The molecule has 1 aliphatic heterocycles. The van der Waals surface area contributed by atoms with Crippen LogP contribution in [0.15, 0.2) is 40.9 Å².